The Kier molecular flexibility index (Phi) is 5.32. The summed E-state index contributed by atoms with van der Waals surface area (Å²) in [6.07, 6.45) is 5.28. The van der Waals surface area contributed by atoms with Gasteiger partial charge in [0.15, 0.2) is 5.82 Å². The third-order valence-corrected chi connectivity index (χ3v) is 2.51. The third-order valence-electron chi connectivity index (χ3n) is 2.51. The Morgan fingerprint density at radius 3 is 2.73 bits per heavy atom. The second kappa shape index (κ2) is 6.56. The first-order valence-corrected chi connectivity index (χ1v) is 5.84. The van der Waals surface area contributed by atoms with E-state index >= 15 is 0 Å². The summed E-state index contributed by atoms with van der Waals surface area (Å²) in [6.45, 7) is 4.88. The first-order chi connectivity index (χ1) is 7.31. The van der Waals surface area contributed by atoms with E-state index in [2.05, 4.69) is 24.0 Å². The lowest BCUT2D eigenvalue weighted by Gasteiger charge is -2.06. The topological polar surface area (TPSA) is 64.9 Å². The molecule has 0 amide bonds. The summed E-state index contributed by atoms with van der Waals surface area (Å²) in [5.41, 5.74) is 5.67. The molecule has 4 heteroatoms. The molecule has 0 radical (unpaired) electrons. The molecule has 0 aliphatic carbocycles. The monoisotopic (exact) mass is 211 g/mol. The fourth-order valence-corrected chi connectivity index (χ4v) is 1.56. The van der Waals surface area contributed by atoms with Crippen LogP contribution >= 0.6 is 0 Å². The molecule has 4 nitrogen and oxygen atoms in total. The Bertz CT molecular complexity index is 273. The van der Waals surface area contributed by atoms with Crippen LogP contribution in [0.2, 0.25) is 0 Å². The summed E-state index contributed by atoms with van der Waals surface area (Å²) in [6, 6.07) is 0. The zero-order chi connectivity index (χ0) is 11.1. The first kappa shape index (κ1) is 12.2. The molecule has 0 spiro atoms. The van der Waals surface area contributed by atoms with Gasteiger partial charge in [0, 0.05) is 13.0 Å². The molecule has 0 aliphatic heterocycles. The number of aromatic nitrogens is 2. The van der Waals surface area contributed by atoms with Gasteiger partial charge in [0.05, 0.1) is 5.92 Å². The summed E-state index contributed by atoms with van der Waals surface area (Å²) < 4.78 is 5.23. The highest BCUT2D eigenvalue weighted by atomic mass is 16.5. The van der Waals surface area contributed by atoms with Gasteiger partial charge in [0.1, 0.15) is 0 Å². The van der Waals surface area contributed by atoms with Crippen LogP contribution in [0.5, 0.6) is 0 Å². The Hall–Kier alpha value is -0.900. The highest BCUT2D eigenvalue weighted by molar-refractivity contribution is 4.94. The SMILES string of the molecule is CCCCc1noc(C(CN)CCC)n1. The van der Waals surface area contributed by atoms with Crippen LogP contribution in [0, 0.1) is 0 Å². The van der Waals surface area contributed by atoms with Crippen LogP contribution in [0.1, 0.15) is 57.2 Å². The number of nitrogens with zero attached hydrogens (tertiary/aromatic N) is 2. The van der Waals surface area contributed by atoms with E-state index in [1.165, 1.54) is 0 Å². The second-order valence-electron chi connectivity index (χ2n) is 3.87. The summed E-state index contributed by atoms with van der Waals surface area (Å²) >= 11 is 0. The molecular formula is C11H21N3O. The van der Waals surface area contributed by atoms with E-state index in [4.69, 9.17) is 10.3 Å². The molecule has 1 aromatic rings. The quantitative estimate of drug-likeness (QED) is 0.751. The van der Waals surface area contributed by atoms with Gasteiger partial charge in [-0.1, -0.05) is 31.8 Å². The van der Waals surface area contributed by atoms with Crippen molar-refractivity contribution < 1.29 is 4.52 Å². The van der Waals surface area contributed by atoms with Crippen molar-refractivity contribution in [2.24, 2.45) is 5.73 Å². The van der Waals surface area contributed by atoms with Crippen LogP contribution in [0.4, 0.5) is 0 Å². The molecule has 1 aromatic heterocycles. The highest BCUT2D eigenvalue weighted by Crippen LogP contribution is 2.18. The number of aryl methyl sites for hydroxylation is 1. The van der Waals surface area contributed by atoms with Crippen LogP contribution < -0.4 is 5.73 Å². The molecule has 0 aliphatic rings. The predicted molar refractivity (Wildman–Crippen MR) is 59.6 cm³/mol. The van der Waals surface area contributed by atoms with Gasteiger partial charge in [0.2, 0.25) is 5.89 Å². The average Bonchev–Trinajstić information content (AvgIpc) is 2.71. The van der Waals surface area contributed by atoms with Gasteiger partial charge in [-0.2, -0.15) is 4.98 Å². The molecule has 0 bridgehead atoms. The Morgan fingerprint density at radius 2 is 2.13 bits per heavy atom. The van der Waals surface area contributed by atoms with Gasteiger partial charge < -0.3 is 10.3 Å². The minimum Gasteiger partial charge on any atom is -0.339 e. The van der Waals surface area contributed by atoms with Crippen LogP contribution in [0.25, 0.3) is 0 Å². The molecule has 0 fully saturated rings. The average molecular weight is 211 g/mol. The molecular weight excluding hydrogens is 190 g/mol. The number of hydrogen-bond acceptors (Lipinski definition) is 4. The van der Waals surface area contributed by atoms with Crippen molar-refractivity contribution in [3.63, 3.8) is 0 Å². The van der Waals surface area contributed by atoms with Crippen LogP contribution in [-0.4, -0.2) is 16.7 Å². The van der Waals surface area contributed by atoms with Crippen molar-refractivity contribution in [3.05, 3.63) is 11.7 Å². The van der Waals surface area contributed by atoms with Crippen molar-refractivity contribution in [2.75, 3.05) is 6.54 Å². The lowest BCUT2D eigenvalue weighted by Crippen LogP contribution is -2.12. The minimum atomic E-state index is 0.234. The zero-order valence-electron chi connectivity index (χ0n) is 9.70. The molecule has 86 valence electrons. The Morgan fingerprint density at radius 1 is 1.33 bits per heavy atom. The Balaban J connectivity index is 2.56. The molecule has 1 unspecified atom stereocenters. The number of nitrogens with two attached hydrogens (primary N) is 1. The van der Waals surface area contributed by atoms with E-state index < -0.39 is 0 Å². The second-order valence-corrected chi connectivity index (χ2v) is 3.87. The zero-order valence-corrected chi connectivity index (χ0v) is 9.70. The molecule has 1 rings (SSSR count). The van der Waals surface area contributed by atoms with E-state index in [0.29, 0.717) is 12.4 Å². The Labute approximate surface area is 91.2 Å². The van der Waals surface area contributed by atoms with Gasteiger partial charge in [-0.05, 0) is 12.8 Å². The molecule has 15 heavy (non-hydrogen) atoms. The normalized spacial score (nSPS) is 13.0. The van der Waals surface area contributed by atoms with Gasteiger partial charge in [-0.3, -0.25) is 0 Å². The highest BCUT2D eigenvalue weighted by Gasteiger charge is 2.16. The van der Waals surface area contributed by atoms with Gasteiger partial charge >= 0.3 is 0 Å². The first-order valence-electron chi connectivity index (χ1n) is 5.84. The maximum absolute atomic E-state index is 5.67. The van der Waals surface area contributed by atoms with Crippen molar-refractivity contribution in [1.29, 1.82) is 0 Å². The van der Waals surface area contributed by atoms with Gasteiger partial charge in [-0.25, -0.2) is 0 Å². The van der Waals surface area contributed by atoms with E-state index in [0.717, 1.165) is 37.9 Å². The summed E-state index contributed by atoms with van der Waals surface area (Å²) in [7, 11) is 0. The standard InChI is InChI=1S/C11H21N3O/c1-3-5-7-10-13-11(15-14-10)9(8-12)6-4-2/h9H,3-8,12H2,1-2H3. The number of unbranched alkanes of at least 4 members (excludes halogenated alkanes) is 1. The van der Waals surface area contributed by atoms with Crippen molar-refractivity contribution in [3.8, 4) is 0 Å². The maximum atomic E-state index is 5.67. The minimum absolute atomic E-state index is 0.234. The largest absolute Gasteiger partial charge is 0.339 e. The van der Waals surface area contributed by atoms with Gasteiger partial charge in [0.25, 0.3) is 0 Å². The molecule has 0 aromatic carbocycles. The van der Waals surface area contributed by atoms with E-state index in [1.807, 2.05) is 0 Å². The van der Waals surface area contributed by atoms with Crippen molar-refractivity contribution >= 4 is 0 Å². The molecule has 0 saturated heterocycles. The molecule has 0 saturated carbocycles. The lowest BCUT2D eigenvalue weighted by atomic mass is 10.0. The fourth-order valence-electron chi connectivity index (χ4n) is 1.56. The molecule has 1 atom stereocenters. The fraction of sp³-hybridized carbons (Fsp3) is 0.818. The van der Waals surface area contributed by atoms with Crippen LogP contribution in [-0.2, 0) is 6.42 Å². The van der Waals surface area contributed by atoms with E-state index in [-0.39, 0.29) is 5.92 Å². The predicted octanol–water partition coefficient (Wildman–Crippen LogP) is 2.25. The lowest BCUT2D eigenvalue weighted by molar-refractivity contribution is 0.343. The number of rotatable bonds is 7. The van der Waals surface area contributed by atoms with Crippen LogP contribution in [0.3, 0.4) is 0 Å². The van der Waals surface area contributed by atoms with E-state index in [9.17, 15) is 0 Å². The van der Waals surface area contributed by atoms with Crippen molar-refractivity contribution in [1.82, 2.24) is 10.1 Å². The van der Waals surface area contributed by atoms with Gasteiger partial charge in [-0.15, -0.1) is 0 Å². The summed E-state index contributed by atoms with van der Waals surface area (Å²) in [5.74, 6) is 1.77. The molecule has 2 N–H and O–H groups in total. The summed E-state index contributed by atoms with van der Waals surface area (Å²) in [4.78, 5) is 4.38. The summed E-state index contributed by atoms with van der Waals surface area (Å²) in [5, 5.41) is 3.96. The third kappa shape index (κ3) is 3.63. The molecule has 1 heterocycles. The maximum Gasteiger partial charge on any atom is 0.231 e. The van der Waals surface area contributed by atoms with E-state index in [1.54, 1.807) is 0 Å². The smallest absolute Gasteiger partial charge is 0.231 e. The number of hydrogen-bond donors (Lipinski definition) is 1. The van der Waals surface area contributed by atoms with Crippen LogP contribution in [0.15, 0.2) is 4.52 Å². The van der Waals surface area contributed by atoms with Crippen molar-refractivity contribution in [2.45, 2.75) is 51.9 Å².